The quantitative estimate of drug-likeness (QED) is 0.839. The van der Waals surface area contributed by atoms with Crippen molar-refractivity contribution < 1.29 is 9.53 Å². The van der Waals surface area contributed by atoms with E-state index in [4.69, 9.17) is 4.74 Å². The van der Waals surface area contributed by atoms with Crippen LogP contribution in [0.5, 0.6) is 0 Å². The summed E-state index contributed by atoms with van der Waals surface area (Å²) in [7, 11) is 0. The Morgan fingerprint density at radius 2 is 2.00 bits per heavy atom. The summed E-state index contributed by atoms with van der Waals surface area (Å²) in [4.78, 5) is 27.6. The summed E-state index contributed by atoms with van der Waals surface area (Å²) < 4.78 is 5.52. The Morgan fingerprint density at radius 1 is 1.17 bits per heavy atom. The molecule has 0 N–H and O–H groups in total. The molecule has 124 valence electrons. The van der Waals surface area contributed by atoms with E-state index < -0.39 is 0 Å². The first-order chi connectivity index (χ1) is 11.8. The van der Waals surface area contributed by atoms with E-state index in [9.17, 15) is 4.79 Å². The Kier molecular flexibility index (Phi) is 4.21. The molecule has 0 bridgehead atoms. The Morgan fingerprint density at radius 3 is 2.79 bits per heavy atom. The summed E-state index contributed by atoms with van der Waals surface area (Å²) in [5.41, 5.74) is 4.11. The number of hydrogen-bond acceptors (Lipinski definition) is 5. The maximum absolute atomic E-state index is 12.7. The first-order valence-corrected chi connectivity index (χ1v) is 8.42. The van der Waals surface area contributed by atoms with Gasteiger partial charge in [-0.25, -0.2) is 9.97 Å². The van der Waals surface area contributed by atoms with Crippen LogP contribution in [0, 0.1) is 0 Å². The topological polar surface area (TPSA) is 68.2 Å². The number of hydrogen-bond donors (Lipinski definition) is 0. The number of fused-ring (bicyclic) bond motifs is 1. The monoisotopic (exact) mass is 324 g/mol. The van der Waals surface area contributed by atoms with Crippen LogP contribution in [0.3, 0.4) is 0 Å². The predicted molar refractivity (Wildman–Crippen MR) is 87.8 cm³/mol. The van der Waals surface area contributed by atoms with Crippen molar-refractivity contribution in [1.29, 1.82) is 0 Å². The highest BCUT2D eigenvalue weighted by Crippen LogP contribution is 2.29. The summed E-state index contributed by atoms with van der Waals surface area (Å²) in [5.74, 6) is 0.424. The molecule has 0 aliphatic carbocycles. The molecule has 0 aromatic carbocycles. The van der Waals surface area contributed by atoms with Gasteiger partial charge in [0.1, 0.15) is 6.33 Å². The normalized spacial score (nSPS) is 20.5. The summed E-state index contributed by atoms with van der Waals surface area (Å²) in [5, 5.41) is 0. The second-order valence-electron chi connectivity index (χ2n) is 6.27. The molecule has 1 amide bonds. The molecule has 0 unspecified atom stereocenters. The van der Waals surface area contributed by atoms with Crippen LogP contribution in [0.1, 0.15) is 39.6 Å². The first-order valence-electron chi connectivity index (χ1n) is 8.42. The SMILES string of the molecule is O=C(c1ccncc1)N1CCc2ncnc([C@H]3CCOC3)c2CC1. The van der Waals surface area contributed by atoms with Gasteiger partial charge in [-0.1, -0.05) is 0 Å². The number of nitrogens with zero attached hydrogens (tertiary/aromatic N) is 4. The highest BCUT2D eigenvalue weighted by molar-refractivity contribution is 5.94. The third-order valence-electron chi connectivity index (χ3n) is 4.85. The zero-order chi connectivity index (χ0) is 16.4. The average molecular weight is 324 g/mol. The van der Waals surface area contributed by atoms with Crippen molar-refractivity contribution in [2.75, 3.05) is 26.3 Å². The fraction of sp³-hybridized carbons (Fsp3) is 0.444. The van der Waals surface area contributed by atoms with Crippen molar-refractivity contribution >= 4 is 5.91 Å². The standard InChI is InChI=1S/C18H20N4O2/c23-18(13-1-6-19-7-2-13)22-8-3-15-16(4-9-22)20-12-21-17(15)14-5-10-24-11-14/h1-2,6-7,12,14H,3-5,8-11H2/t14-/m0/s1. The lowest BCUT2D eigenvalue weighted by Crippen LogP contribution is -2.33. The van der Waals surface area contributed by atoms with Crippen molar-refractivity contribution in [2.24, 2.45) is 0 Å². The van der Waals surface area contributed by atoms with E-state index in [2.05, 4.69) is 15.0 Å². The molecule has 1 saturated heterocycles. The Hall–Kier alpha value is -2.34. The van der Waals surface area contributed by atoms with Crippen LogP contribution in [-0.4, -0.2) is 52.1 Å². The molecule has 2 aromatic rings. The minimum absolute atomic E-state index is 0.0592. The van der Waals surface area contributed by atoms with Crippen LogP contribution in [0.15, 0.2) is 30.9 Å². The van der Waals surface area contributed by atoms with E-state index in [0.29, 0.717) is 24.6 Å². The molecule has 0 radical (unpaired) electrons. The third-order valence-corrected chi connectivity index (χ3v) is 4.85. The number of carbonyl (C=O) groups excluding carboxylic acids is 1. The summed E-state index contributed by atoms with van der Waals surface area (Å²) >= 11 is 0. The Labute approximate surface area is 140 Å². The largest absolute Gasteiger partial charge is 0.381 e. The molecule has 1 atom stereocenters. The van der Waals surface area contributed by atoms with Gasteiger partial charge in [0.15, 0.2) is 0 Å². The van der Waals surface area contributed by atoms with E-state index in [1.54, 1.807) is 30.9 Å². The lowest BCUT2D eigenvalue weighted by Gasteiger charge is -2.20. The van der Waals surface area contributed by atoms with Gasteiger partial charge in [0.25, 0.3) is 5.91 Å². The highest BCUT2D eigenvalue weighted by atomic mass is 16.5. The molecule has 2 aliphatic rings. The maximum Gasteiger partial charge on any atom is 0.253 e. The molecule has 0 spiro atoms. The molecule has 0 saturated carbocycles. The zero-order valence-corrected chi connectivity index (χ0v) is 13.5. The minimum atomic E-state index is 0.0592. The van der Waals surface area contributed by atoms with Crippen molar-refractivity contribution in [1.82, 2.24) is 19.9 Å². The van der Waals surface area contributed by atoms with Gasteiger partial charge in [-0.2, -0.15) is 0 Å². The molecular weight excluding hydrogens is 304 g/mol. The number of pyridine rings is 1. The van der Waals surface area contributed by atoms with Gasteiger partial charge >= 0.3 is 0 Å². The van der Waals surface area contributed by atoms with Gasteiger partial charge in [0, 0.05) is 55.7 Å². The molecule has 2 aromatic heterocycles. The average Bonchev–Trinajstić information content (AvgIpc) is 3.08. The molecule has 24 heavy (non-hydrogen) atoms. The first kappa shape index (κ1) is 15.2. The lowest BCUT2D eigenvalue weighted by molar-refractivity contribution is 0.0762. The molecule has 2 aliphatic heterocycles. The number of rotatable bonds is 2. The van der Waals surface area contributed by atoms with Crippen LogP contribution >= 0.6 is 0 Å². The lowest BCUT2D eigenvalue weighted by atomic mass is 9.96. The third kappa shape index (κ3) is 2.89. The van der Waals surface area contributed by atoms with Crippen LogP contribution in [0.2, 0.25) is 0 Å². The van der Waals surface area contributed by atoms with E-state index in [-0.39, 0.29) is 5.91 Å². The van der Waals surface area contributed by atoms with Crippen molar-refractivity contribution in [3.05, 3.63) is 53.4 Å². The molecule has 4 heterocycles. The van der Waals surface area contributed by atoms with Gasteiger partial charge in [-0.3, -0.25) is 9.78 Å². The smallest absolute Gasteiger partial charge is 0.253 e. The van der Waals surface area contributed by atoms with Crippen molar-refractivity contribution in [2.45, 2.75) is 25.2 Å². The molecular formula is C18H20N4O2. The number of aromatic nitrogens is 3. The van der Waals surface area contributed by atoms with Gasteiger partial charge < -0.3 is 9.64 Å². The van der Waals surface area contributed by atoms with Gasteiger partial charge in [0.2, 0.25) is 0 Å². The molecule has 6 nitrogen and oxygen atoms in total. The zero-order valence-electron chi connectivity index (χ0n) is 13.5. The van der Waals surface area contributed by atoms with Gasteiger partial charge in [-0.05, 0) is 30.5 Å². The highest BCUT2D eigenvalue weighted by Gasteiger charge is 2.27. The number of carbonyl (C=O) groups is 1. The van der Waals surface area contributed by atoms with Gasteiger partial charge in [0.05, 0.1) is 12.3 Å². The fourth-order valence-electron chi connectivity index (χ4n) is 3.53. The second-order valence-corrected chi connectivity index (χ2v) is 6.27. The summed E-state index contributed by atoms with van der Waals surface area (Å²) in [6.07, 6.45) is 7.57. The number of ether oxygens (including phenoxy) is 1. The number of amides is 1. The Balaban J connectivity index is 1.56. The second kappa shape index (κ2) is 6.65. The van der Waals surface area contributed by atoms with Crippen molar-refractivity contribution in [3.8, 4) is 0 Å². The fourth-order valence-corrected chi connectivity index (χ4v) is 3.53. The molecule has 6 heteroatoms. The van der Waals surface area contributed by atoms with Crippen LogP contribution in [0.4, 0.5) is 0 Å². The van der Waals surface area contributed by atoms with E-state index in [1.165, 1.54) is 5.56 Å². The molecule has 4 rings (SSSR count). The van der Waals surface area contributed by atoms with Crippen molar-refractivity contribution in [3.63, 3.8) is 0 Å². The summed E-state index contributed by atoms with van der Waals surface area (Å²) in [6.45, 7) is 2.92. The predicted octanol–water partition coefficient (Wildman–Crippen LogP) is 1.62. The van der Waals surface area contributed by atoms with E-state index >= 15 is 0 Å². The minimum Gasteiger partial charge on any atom is -0.381 e. The van der Waals surface area contributed by atoms with Gasteiger partial charge in [-0.15, -0.1) is 0 Å². The van der Waals surface area contributed by atoms with Crippen LogP contribution < -0.4 is 0 Å². The van der Waals surface area contributed by atoms with E-state index in [1.807, 2.05) is 4.90 Å². The van der Waals surface area contributed by atoms with Crippen LogP contribution in [-0.2, 0) is 17.6 Å². The van der Waals surface area contributed by atoms with Crippen LogP contribution in [0.25, 0.3) is 0 Å². The Bertz CT molecular complexity index is 729. The maximum atomic E-state index is 12.7. The summed E-state index contributed by atoms with van der Waals surface area (Å²) in [6, 6.07) is 3.53. The van der Waals surface area contributed by atoms with E-state index in [0.717, 1.165) is 43.9 Å². The molecule has 1 fully saturated rings.